The van der Waals surface area contributed by atoms with Crippen molar-refractivity contribution >= 4 is 11.9 Å². The number of hydrogen-bond donors (Lipinski definition) is 1. The Morgan fingerprint density at radius 3 is 2.58 bits per heavy atom. The molecule has 1 saturated heterocycles. The van der Waals surface area contributed by atoms with Crippen molar-refractivity contribution in [2.45, 2.75) is 6.10 Å². The molecule has 0 spiro atoms. The number of nitrogens with zero attached hydrogens (tertiary/aromatic N) is 2. The third-order valence-electron chi connectivity index (χ3n) is 4.11. The highest BCUT2D eigenvalue weighted by atomic mass is 19.1. The summed E-state index contributed by atoms with van der Waals surface area (Å²) in [5.41, 5.74) is 2.02. The molecule has 0 radical (unpaired) electrons. The fourth-order valence-electron chi connectivity index (χ4n) is 2.78. The lowest BCUT2D eigenvalue weighted by Gasteiger charge is -2.31. The number of morpholine rings is 1. The SMILES string of the molecule is Cn1c(C(=O)N2CCO[C@H](C(=O)O)C2)ccc1-c1ccc(F)cc1. The predicted octanol–water partition coefficient (Wildman–Crippen LogP) is 1.76. The average Bonchev–Trinajstić information content (AvgIpc) is 2.96. The second-order valence-corrected chi connectivity index (χ2v) is 5.62. The van der Waals surface area contributed by atoms with E-state index >= 15 is 0 Å². The zero-order chi connectivity index (χ0) is 17.3. The van der Waals surface area contributed by atoms with Gasteiger partial charge in [0.15, 0.2) is 6.10 Å². The fourth-order valence-corrected chi connectivity index (χ4v) is 2.78. The number of carboxylic acids is 1. The molecule has 7 heteroatoms. The summed E-state index contributed by atoms with van der Waals surface area (Å²) in [6.07, 6.45) is -1.00. The molecule has 1 aliphatic heterocycles. The third-order valence-corrected chi connectivity index (χ3v) is 4.11. The van der Waals surface area contributed by atoms with Crippen LogP contribution in [0, 0.1) is 5.82 Å². The van der Waals surface area contributed by atoms with Crippen molar-refractivity contribution in [2.24, 2.45) is 7.05 Å². The molecular formula is C17H17FN2O4. The van der Waals surface area contributed by atoms with Crippen LogP contribution in [0.4, 0.5) is 4.39 Å². The van der Waals surface area contributed by atoms with Crippen molar-refractivity contribution in [1.82, 2.24) is 9.47 Å². The Bertz CT molecular complexity index is 769. The van der Waals surface area contributed by atoms with Crippen LogP contribution in [0.25, 0.3) is 11.3 Å². The monoisotopic (exact) mass is 332 g/mol. The summed E-state index contributed by atoms with van der Waals surface area (Å²) in [5, 5.41) is 9.04. The van der Waals surface area contributed by atoms with Crippen molar-refractivity contribution in [3.05, 3.63) is 47.9 Å². The summed E-state index contributed by atoms with van der Waals surface area (Å²) in [6.45, 7) is 0.558. The van der Waals surface area contributed by atoms with E-state index in [4.69, 9.17) is 9.84 Å². The number of carbonyl (C=O) groups is 2. The minimum Gasteiger partial charge on any atom is -0.479 e. The quantitative estimate of drug-likeness (QED) is 0.930. The Morgan fingerprint density at radius 2 is 1.92 bits per heavy atom. The number of rotatable bonds is 3. The fraction of sp³-hybridized carbons (Fsp3) is 0.294. The van der Waals surface area contributed by atoms with E-state index in [0.29, 0.717) is 12.2 Å². The first-order valence-electron chi connectivity index (χ1n) is 7.52. The molecule has 0 aliphatic carbocycles. The molecule has 1 atom stereocenters. The van der Waals surface area contributed by atoms with E-state index in [9.17, 15) is 14.0 Å². The van der Waals surface area contributed by atoms with Crippen LogP contribution in [0.3, 0.4) is 0 Å². The van der Waals surface area contributed by atoms with Crippen LogP contribution in [-0.2, 0) is 16.6 Å². The van der Waals surface area contributed by atoms with Crippen molar-refractivity contribution in [1.29, 1.82) is 0 Å². The minimum absolute atomic E-state index is 0.0191. The van der Waals surface area contributed by atoms with Gasteiger partial charge < -0.3 is 19.3 Å². The maximum atomic E-state index is 13.1. The van der Waals surface area contributed by atoms with Crippen LogP contribution >= 0.6 is 0 Å². The molecule has 1 aromatic carbocycles. The summed E-state index contributed by atoms with van der Waals surface area (Å²) in [5.74, 6) is -1.65. The van der Waals surface area contributed by atoms with Gasteiger partial charge in [0, 0.05) is 19.3 Å². The van der Waals surface area contributed by atoms with Gasteiger partial charge in [-0.2, -0.15) is 0 Å². The standard InChI is InChI=1S/C17H17FN2O4/c1-19-13(11-2-4-12(18)5-3-11)6-7-14(19)16(21)20-8-9-24-15(10-20)17(22)23/h2-7,15H,8-10H2,1H3,(H,22,23)/t15-/m0/s1. The first-order valence-corrected chi connectivity index (χ1v) is 7.52. The van der Waals surface area contributed by atoms with Crippen molar-refractivity contribution in [3.8, 4) is 11.3 Å². The Morgan fingerprint density at radius 1 is 1.21 bits per heavy atom. The molecule has 1 aromatic heterocycles. The molecule has 0 unspecified atom stereocenters. The van der Waals surface area contributed by atoms with E-state index in [0.717, 1.165) is 11.3 Å². The number of ether oxygens (including phenoxy) is 1. The van der Waals surface area contributed by atoms with Gasteiger partial charge in [0.25, 0.3) is 5.91 Å². The van der Waals surface area contributed by atoms with Gasteiger partial charge in [0.2, 0.25) is 0 Å². The van der Waals surface area contributed by atoms with E-state index in [1.165, 1.54) is 17.0 Å². The molecule has 24 heavy (non-hydrogen) atoms. The van der Waals surface area contributed by atoms with Crippen molar-refractivity contribution in [2.75, 3.05) is 19.7 Å². The average molecular weight is 332 g/mol. The van der Waals surface area contributed by atoms with E-state index < -0.39 is 12.1 Å². The molecule has 3 rings (SSSR count). The normalized spacial score (nSPS) is 17.8. The van der Waals surface area contributed by atoms with E-state index in [2.05, 4.69) is 0 Å². The Kier molecular flexibility index (Phi) is 4.35. The maximum absolute atomic E-state index is 13.1. The molecule has 1 aliphatic rings. The number of aromatic nitrogens is 1. The summed E-state index contributed by atoms with van der Waals surface area (Å²) < 4.78 is 19.9. The zero-order valence-corrected chi connectivity index (χ0v) is 13.1. The molecule has 1 fully saturated rings. The number of carboxylic acid groups (broad SMARTS) is 1. The largest absolute Gasteiger partial charge is 0.479 e. The van der Waals surface area contributed by atoms with Crippen LogP contribution in [-0.4, -0.2) is 52.3 Å². The predicted molar refractivity (Wildman–Crippen MR) is 84.1 cm³/mol. The molecule has 6 nitrogen and oxygen atoms in total. The van der Waals surface area contributed by atoms with Crippen LogP contribution < -0.4 is 0 Å². The van der Waals surface area contributed by atoms with Crippen LogP contribution in [0.15, 0.2) is 36.4 Å². The van der Waals surface area contributed by atoms with Gasteiger partial charge in [-0.1, -0.05) is 0 Å². The minimum atomic E-state index is -1.08. The molecule has 0 saturated carbocycles. The second-order valence-electron chi connectivity index (χ2n) is 5.62. The number of amides is 1. The first-order chi connectivity index (χ1) is 11.5. The summed E-state index contributed by atoms with van der Waals surface area (Å²) in [6, 6.07) is 9.50. The Balaban J connectivity index is 1.83. The molecule has 0 bridgehead atoms. The summed E-state index contributed by atoms with van der Waals surface area (Å²) in [4.78, 5) is 25.2. The van der Waals surface area contributed by atoms with Gasteiger partial charge in [0.1, 0.15) is 11.5 Å². The highest BCUT2D eigenvalue weighted by Gasteiger charge is 2.30. The number of aliphatic carboxylic acids is 1. The number of carbonyl (C=O) groups excluding carboxylic acids is 1. The smallest absolute Gasteiger partial charge is 0.334 e. The van der Waals surface area contributed by atoms with Gasteiger partial charge in [-0.05, 0) is 42.0 Å². The van der Waals surface area contributed by atoms with Gasteiger partial charge in [-0.25, -0.2) is 9.18 Å². The van der Waals surface area contributed by atoms with Gasteiger partial charge in [-0.3, -0.25) is 4.79 Å². The second kappa shape index (κ2) is 6.45. The van der Waals surface area contributed by atoms with Gasteiger partial charge >= 0.3 is 5.97 Å². The molecule has 1 amide bonds. The van der Waals surface area contributed by atoms with E-state index in [1.807, 2.05) is 0 Å². The van der Waals surface area contributed by atoms with Crippen LogP contribution in [0.2, 0.25) is 0 Å². The lowest BCUT2D eigenvalue weighted by atomic mass is 10.1. The molecule has 2 aromatic rings. The van der Waals surface area contributed by atoms with Crippen molar-refractivity contribution in [3.63, 3.8) is 0 Å². The zero-order valence-electron chi connectivity index (χ0n) is 13.1. The van der Waals surface area contributed by atoms with Crippen LogP contribution in [0.1, 0.15) is 10.5 Å². The van der Waals surface area contributed by atoms with Crippen LogP contribution in [0.5, 0.6) is 0 Å². The van der Waals surface area contributed by atoms with Crippen molar-refractivity contribution < 1.29 is 23.8 Å². The molecule has 2 heterocycles. The number of halogens is 1. The summed E-state index contributed by atoms with van der Waals surface area (Å²) in [7, 11) is 1.75. The number of hydrogen-bond acceptors (Lipinski definition) is 3. The number of benzene rings is 1. The Hall–Kier alpha value is -2.67. The topological polar surface area (TPSA) is 71.8 Å². The highest BCUT2D eigenvalue weighted by Crippen LogP contribution is 2.23. The van der Waals surface area contributed by atoms with E-state index in [-0.39, 0.29) is 24.9 Å². The van der Waals surface area contributed by atoms with Gasteiger partial charge in [0.05, 0.1) is 13.2 Å². The first kappa shape index (κ1) is 16.2. The lowest BCUT2D eigenvalue weighted by Crippen LogP contribution is -2.48. The van der Waals surface area contributed by atoms with E-state index in [1.54, 1.807) is 35.9 Å². The molecule has 126 valence electrons. The Labute approximate surface area is 138 Å². The highest BCUT2D eigenvalue weighted by molar-refractivity contribution is 5.94. The summed E-state index contributed by atoms with van der Waals surface area (Å²) >= 11 is 0. The molecular weight excluding hydrogens is 315 g/mol. The lowest BCUT2D eigenvalue weighted by molar-refractivity contribution is -0.154. The molecule has 1 N–H and O–H groups in total. The maximum Gasteiger partial charge on any atom is 0.334 e. The third kappa shape index (κ3) is 3.03. The van der Waals surface area contributed by atoms with Gasteiger partial charge in [-0.15, -0.1) is 0 Å².